The average molecular weight is 289 g/mol. The van der Waals surface area contributed by atoms with Crippen LogP contribution in [0.5, 0.6) is 0 Å². The van der Waals surface area contributed by atoms with Gasteiger partial charge in [-0.3, -0.25) is 4.79 Å². The zero-order chi connectivity index (χ0) is 13.7. The number of carbonyl (C=O) groups is 1. The third-order valence-corrected chi connectivity index (χ3v) is 5.67. The second-order valence-electron chi connectivity index (χ2n) is 5.93. The lowest BCUT2D eigenvalue weighted by Gasteiger charge is -2.22. The van der Waals surface area contributed by atoms with Crippen molar-refractivity contribution in [1.82, 2.24) is 4.90 Å². The second-order valence-corrected chi connectivity index (χ2v) is 7.10. The van der Waals surface area contributed by atoms with E-state index in [0.29, 0.717) is 12.5 Å². The Bertz CT molecular complexity index is 641. The predicted molar refractivity (Wildman–Crippen MR) is 78.4 cm³/mol. The van der Waals surface area contributed by atoms with E-state index in [4.69, 9.17) is 0 Å². The van der Waals surface area contributed by atoms with Crippen molar-refractivity contribution in [3.63, 3.8) is 0 Å². The van der Waals surface area contributed by atoms with Gasteiger partial charge in [0.05, 0.1) is 12.0 Å². The number of thiophene rings is 1. The summed E-state index contributed by atoms with van der Waals surface area (Å²) in [7, 11) is 0. The molecular formula is C16H16FNOS. The minimum Gasteiger partial charge on any atom is -0.334 e. The molecule has 1 amide bonds. The minimum absolute atomic E-state index is 0.0636. The molecule has 0 saturated heterocycles. The molecule has 20 heavy (non-hydrogen) atoms. The van der Waals surface area contributed by atoms with E-state index < -0.39 is 6.67 Å². The van der Waals surface area contributed by atoms with Crippen molar-refractivity contribution in [2.24, 2.45) is 11.3 Å². The summed E-state index contributed by atoms with van der Waals surface area (Å²) in [4.78, 5) is 15.3. The topological polar surface area (TPSA) is 20.3 Å². The summed E-state index contributed by atoms with van der Waals surface area (Å²) < 4.78 is 14.0. The number of fused-ring (bicyclic) bond motifs is 2. The Morgan fingerprint density at radius 1 is 1.40 bits per heavy atom. The summed E-state index contributed by atoms with van der Waals surface area (Å²) in [5.41, 5.74) is -0.0636. The first-order valence-corrected chi connectivity index (χ1v) is 7.87. The molecule has 1 aromatic carbocycles. The summed E-state index contributed by atoms with van der Waals surface area (Å²) in [5, 5.41) is 1.20. The van der Waals surface area contributed by atoms with Crippen molar-refractivity contribution in [3.8, 4) is 0 Å². The Kier molecular flexibility index (Phi) is 2.64. The fourth-order valence-electron chi connectivity index (χ4n) is 3.02. The molecule has 0 unspecified atom stereocenters. The zero-order valence-electron chi connectivity index (χ0n) is 11.1. The van der Waals surface area contributed by atoms with Gasteiger partial charge in [-0.25, -0.2) is 4.39 Å². The lowest BCUT2D eigenvalue weighted by molar-refractivity contribution is -0.135. The Morgan fingerprint density at radius 3 is 2.80 bits per heavy atom. The smallest absolute Gasteiger partial charge is 0.229 e. The fourth-order valence-corrected chi connectivity index (χ4v) is 4.10. The standard InChI is InChI=1S/C16H16FNOS/c17-5-6-18(15(19)16-8-12(16)9-16)10-13-7-11-3-1-2-4-14(11)20-13/h1-4,7,12H,5-6,8-10H2. The number of halogens is 1. The van der Waals surface area contributed by atoms with E-state index in [0.717, 1.165) is 17.7 Å². The van der Waals surface area contributed by atoms with Gasteiger partial charge in [0.1, 0.15) is 6.67 Å². The number of rotatable bonds is 5. The number of amides is 1. The normalized spacial score (nSPS) is 26.4. The lowest BCUT2D eigenvalue weighted by atomic mass is 10.2. The molecule has 0 N–H and O–H groups in total. The lowest BCUT2D eigenvalue weighted by Crippen LogP contribution is -2.35. The first-order valence-electron chi connectivity index (χ1n) is 7.06. The molecule has 2 nitrogen and oxygen atoms in total. The maximum absolute atomic E-state index is 12.7. The van der Waals surface area contributed by atoms with Crippen LogP contribution in [0.4, 0.5) is 4.39 Å². The molecule has 4 rings (SSSR count). The van der Waals surface area contributed by atoms with E-state index in [1.54, 1.807) is 16.2 Å². The fraction of sp³-hybridized carbons (Fsp3) is 0.438. The molecule has 0 atom stereocenters. The number of alkyl halides is 1. The van der Waals surface area contributed by atoms with Gasteiger partial charge < -0.3 is 4.90 Å². The van der Waals surface area contributed by atoms with E-state index in [2.05, 4.69) is 18.2 Å². The highest BCUT2D eigenvalue weighted by atomic mass is 32.1. The van der Waals surface area contributed by atoms with E-state index in [1.165, 1.54) is 10.1 Å². The maximum atomic E-state index is 12.7. The van der Waals surface area contributed by atoms with Crippen LogP contribution in [-0.2, 0) is 11.3 Å². The van der Waals surface area contributed by atoms with Crippen LogP contribution in [0.15, 0.2) is 30.3 Å². The number of nitrogens with zero attached hydrogens (tertiary/aromatic N) is 1. The van der Waals surface area contributed by atoms with Crippen molar-refractivity contribution in [1.29, 1.82) is 0 Å². The molecule has 2 aliphatic carbocycles. The monoisotopic (exact) mass is 289 g/mol. The molecule has 104 valence electrons. The quantitative estimate of drug-likeness (QED) is 0.823. The molecule has 1 aromatic heterocycles. The van der Waals surface area contributed by atoms with Gasteiger partial charge in [-0.2, -0.15) is 0 Å². The molecule has 0 bridgehead atoms. The van der Waals surface area contributed by atoms with E-state index in [1.807, 2.05) is 12.1 Å². The number of hydrogen-bond acceptors (Lipinski definition) is 2. The number of benzene rings is 1. The van der Waals surface area contributed by atoms with Crippen molar-refractivity contribution >= 4 is 27.3 Å². The van der Waals surface area contributed by atoms with E-state index in [-0.39, 0.29) is 17.9 Å². The van der Waals surface area contributed by atoms with Crippen LogP contribution in [0.2, 0.25) is 0 Å². The van der Waals surface area contributed by atoms with Gasteiger partial charge in [0.15, 0.2) is 0 Å². The molecule has 0 spiro atoms. The largest absolute Gasteiger partial charge is 0.334 e. The van der Waals surface area contributed by atoms with Gasteiger partial charge in [-0.15, -0.1) is 11.3 Å². The van der Waals surface area contributed by atoms with Crippen molar-refractivity contribution < 1.29 is 9.18 Å². The van der Waals surface area contributed by atoms with E-state index >= 15 is 0 Å². The van der Waals surface area contributed by atoms with Gasteiger partial charge in [0, 0.05) is 16.1 Å². The van der Waals surface area contributed by atoms with Gasteiger partial charge in [0.2, 0.25) is 5.91 Å². The number of carbonyl (C=O) groups excluding carboxylic acids is 1. The molecule has 2 fully saturated rings. The van der Waals surface area contributed by atoms with Crippen LogP contribution < -0.4 is 0 Å². The van der Waals surface area contributed by atoms with Crippen LogP contribution in [0, 0.1) is 11.3 Å². The van der Waals surface area contributed by atoms with Crippen LogP contribution >= 0.6 is 11.3 Å². The van der Waals surface area contributed by atoms with E-state index in [9.17, 15) is 9.18 Å². The molecule has 4 heteroatoms. The molecule has 2 aromatic rings. The summed E-state index contributed by atoms with van der Waals surface area (Å²) in [6.07, 6.45) is 2.06. The van der Waals surface area contributed by atoms with Gasteiger partial charge in [0.25, 0.3) is 0 Å². The van der Waals surface area contributed by atoms with Crippen molar-refractivity contribution in [2.75, 3.05) is 13.2 Å². The molecule has 2 aliphatic rings. The van der Waals surface area contributed by atoms with Crippen molar-refractivity contribution in [2.45, 2.75) is 19.4 Å². The third kappa shape index (κ3) is 1.85. The molecular weight excluding hydrogens is 273 g/mol. The Labute approximate surface area is 121 Å². The molecule has 0 aliphatic heterocycles. The van der Waals surface area contributed by atoms with Crippen LogP contribution in [-0.4, -0.2) is 24.0 Å². The minimum atomic E-state index is -0.461. The third-order valence-electron chi connectivity index (χ3n) is 4.57. The predicted octanol–water partition coefficient (Wildman–Crippen LogP) is 3.61. The maximum Gasteiger partial charge on any atom is 0.229 e. The molecule has 1 heterocycles. The zero-order valence-corrected chi connectivity index (χ0v) is 12.0. The number of hydrogen-bond donors (Lipinski definition) is 0. The van der Waals surface area contributed by atoms with Crippen LogP contribution in [0.25, 0.3) is 10.1 Å². The summed E-state index contributed by atoms with van der Waals surface area (Å²) >= 11 is 1.70. The second kappa shape index (κ2) is 4.29. The summed E-state index contributed by atoms with van der Waals surface area (Å²) in [6.45, 7) is 0.315. The highest BCUT2D eigenvalue weighted by Gasteiger charge is 2.75. The Hall–Kier alpha value is -1.42. The first-order chi connectivity index (χ1) is 9.73. The molecule has 2 saturated carbocycles. The molecule has 0 radical (unpaired) electrons. The average Bonchev–Trinajstić information content (AvgIpc) is 3.26. The SMILES string of the molecule is O=C(N(CCF)Cc1cc2ccccc2s1)C12CC1C2. The van der Waals surface area contributed by atoms with Gasteiger partial charge in [-0.05, 0) is 36.3 Å². The highest BCUT2D eigenvalue weighted by Crippen LogP contribution is 2.76. The van der Waals surface area contributed by atoms with Crippen molar-refractivity contribution in [3.05, 3.63) is 35.2 Å². The highest BCUT2D eigenvalue weighted by molar-refractivity contribution is 7.19. The van der Waals surface area contributed by atoms with Crippen LogP contribution in [0.3, 0.4) is 0 Å². The summed E-state index contributed by atoms with van der Waals surface area (Å²) in [5.74, 6) is 0.789. The summed E-state index contributed by atoms with van der Waals surface area (Å²) in [6, 6.07) is 10.3. The Morgan fingerprint density at radius 2 is 2.15 bits per heavy atom. The first kappa shape index (κ1) is 12.3. The van der Waals surface area contributed by atoms with Gasteiger partial charge in [-0.1, -0.05) is 18.2 Å². The van der Waals surface area contributed by atoms with Gasteiger partial charge >= 0.3 is 0 Å². The Balaban J connectivity index is 1.56. The van der Waals surface area contributed by atoms with Crippen LogP contribution in [0.1, 0.15) is 17.7 Å².